The zero-order valence-electron chi connectivity index (χ0n) is 18.1. The molecule has 164 valence electrons. The Labute approximate surface area is 195 Å². The topological polar surface area (TPSA) is 86.3 Å². The lowest BCUT2D eigenvalue weighted by atomic mass is 10.1. The average molecular weight is 445 g/mol. The fraction of sp³-hybridized carbons (Fsp3) is 0.0357. The Morgan fingerprint density at radius 3 is 2.09 bits per heavy atom. The van der Waals surface area contributed by atoms with Crippen molar-refractivity contribution in [2.75, 3.05) is 4.90 Å². The maximum atomic E-state index is 13.8. The molecule has 34 heavy (non-hydrogen) atoms. The van der Waals surface area contributed by atoms with Gasteiger partial charge in [0.1, 0.15) is 18.2 Å². The summed E-state index contributed by atoms with van der Waals surface area (Å²) in [6.45, 7) is -0.220. The van der Waals surface area contributed by atoms with Crippen molar-refractivity contribution in [1.29, 1.82) is 5.26 Å². The smallest absolute Gasteiger partial charge is 0.323 e. The number of aromatic nitrogens is 1. The number of benzene rings is 3. The Hall–Kier alpha value is -4.89. The summed E-state index contributed by atoms with van der Waals surface area (Å²) >= 11 is 0. The number of hydrogen-bond acceptors (Lipinski definition) is 3. The normalized spacial score (nSPS) is 12.6. The van der Waals surface area contributed by atoms with Gasteiger partial charge >= 0.3 is 5.97 Å². The third-order valence-corrected chi connectivity index (χ3v) is 5.78. The van der Waals surface area contributed by atoms with Crippen molar-refractivity contribution in [3.8, 4) is 6.07 Å². The summed E-state index contributed by atoms with van der Waals surface area (Å²) < 4.78 is 1.60. The molecule has 1 aliphatic heterocycles. The highest BCUT2D eigenvalue weighted by Crippen LogP contribution is 2.37. The predicted molar refractivity (Wildman–Crippen MR) is 132 cm³/mol. The second kappa shape index (κ2) is 8.57. The van der Waals surface area contributed by atoms with Gasteiger partial charge in [-0.05, 0) is 35.4 Å². The molecule has 0 saturated carbocycles. The third-order valence-electron chi connectivity index (χ3n) is 5.78. The van der Waals surface area contributed by atoms with Gasteiger partial charge in [-0.15, -0.1) is 0 Å². The lowest BCUT2D eigenvalue weighted by molar-refractivity contribution is -0.137. The minimum atomic E-state index is -0.974. The molecule has 0 bridgehead atoms. The number of carboxylic acids is 1. The van der Waals surface area contributed by atoms with Gasteiger partial charge in [-0.1, -0.05) is 66.7 Å². The molecule has 0 saturated heterocycles. The van der Waals surface area contributed by atoms with E-state index in [9.17, 15) is 20.0 Å². The van der Waals surface area contributed by atoms with Crippen LogP contribution in [0, 0.1) is 11.3 Å². The first-order chi connectivity index (χ1) is 16.6. The molecule has 6 heteroatoms. The van der Waals surface area contributed by atoms with Crippen LogP contribution < -0.4 is 4.90 Å². The van der Waals surface area contributed by atoms with E-state index in [1.807, 2.05) is 84.9 Å². The van der Waals surface area contributed by atoms with E-state index < -0.39 is 11.9 Å². The molecule has 2 heterocycles. The Kier molecular flexibility index (Phi) is 5.29. The number of aliphatic carboxylic acids is 1. The summed E-state index contributed by atoms with van der Waals surface area (Å²) in [5, 5.41) is 20.0. The summed E-state index contributed by atoms with van der Waals surface area (Å²) in [6, 6.07) is 24.5. The van der Waals surface area contributed by atoms with Gasteiger partial charge in [0.2, 0.25) is 0 Å². The number of para-hydroxylation sites is 3. The van der Waals surface area contributed by atoms with Crippen LogP contribution in [0.1, 0.15) is 16.7 Å². The van der Waals surface area contributed by atoms with Gasteiger partial charge < -0.3 is 9.67 Å². The first-order valence-electron chi connectivity index (χ1n) is 10.7. The van der Waals surface area contributed by atoms with Gasteiger partial charge in [-0.3, -0.25) is 14.5 Å². The van der Waals surface area contributed by atoms with Gasteiger partial charge in [0.05, 0.1) is 11.4 Å². The molecule has 0 aliphatic carbocycles. The van der Waals surface area contributed by atoms with Gasteiger partial charge in [0, 0.05) is 22.7 Å². The number of fused-ring (bicyclic) bond motifs is 3. The van der Waals surface area contributed by atoms with Gasteiger partial charge in [0.25, 0.3) is 5.91 Å². The molecule has 0 radical (unpaired) electrons. The minimum absolute atomic E-state index is 0.0512. The van der Waals surface area contributed by atoms with Crippen molar-refractivity contribution in [3.63, 3.8) is 0 Å². The Morgan fingerprint density at radius 2 is 1.47 bits per heavy atom. The fourth-order valence-electron chi connectivity index (χ4n) is 4.28. The molecule has 1 amide bonds. The number of rotatable bonds is 4. The molecule has 0 fully saturated rings. The zero-order chi connectivity index (χ0) is 23.7. The van der Waals surface area contributed by atoms with Crippen molar-refractivity contribution < 1.29 is 14.7 Å². The highest BCUT2D eigenvalue weighted by Gasteiger charge is 2.26. The molecule has 0 unspecified atom stereocenters. The summed E-state index contributed by atoms with van der Waals surface area (Å²) in [4.78, 5) is 26.7. The van der Waals surface area contributed by atoms with Crippen LogP contribution in [0.4, 0.5) is 11.4 Å². The van der Waals surface area contributed by atoms with E-state index in [0.717, 1.165) is 22.0 Å². The van der Waals surface area contributed by atoms with E-state index in [4.69, 9.17) is 0 Å². The molecular weight excluding hydrogens is 426 g/mol. The summed E-state index contributed by atoms with van der Waals surface area (Å²) in [5.41, 5.74) is 4.37. The zero-order valence-corrected chi connectivity index (χ0v) is 18.1. The molecule has 0 atom stereocenters. The second-order valence-corrected chi connectivity index (χ2v) is 7.88. The molecule has 3 aromatic carbocycles. The van der Waals surface area contributed by atoms with Crippen LogP contribution in [0.3, 0.4) is 0 Å². The van der Waals surface area contributed by atoms with Crippen LogP contribution in [-0.2, 0) is 16.1 Å². The van der Waals surface area contributed by atoms with Crippen LogP contribution in [0.15, 0.2) is 84.6 Å². The standard InChI is InChI=1S/C28H19N3O3/c29-16-21(15-22-17-30(18-27(32)33)26-12-6-3-9-23(22)26)28(34)31-24-10-4-1-7-19(24)13-14-20-8-2-5-11-25(20)31/h1-15,17H,18H2,(H,32,33). The molecule has 5 rings (SSSR count). The van der Waals surface area contributed by atoms with Crippen LogP contribution in [0.2, 0.25) is 0 Å². The lowest BCUT2D eigenvalue weighted by Gasteiger charge is -2.24. The van der Waals surface area contributed by atoms with E-state index in [1.54, 1.807) is 15.7 Å². The number of nitriles is 1. The van der Waals surface area contributed by atoms with Crippen molar-refractivity contribution >= 4 is 52.4 Å². The number of carbonyl (C=O) groups excluding carboxylic acids is 1. The monoisotopic (exact) mass is 445 g/mol. The van der Waals surface area contributed by atoms with Gasteiger partial charge in [-0.25, -0.2) is 0 Å². The fourth-order valence-corrected chi connectivity index (χ4v) is 4.28. The summed E-state index contributed by atoms with van der Waals surface area (Å²) in [6.07, 6.45) is 7.11. The molecular formula is C28H19N3O3. The number of amides is 1. The van der Waals surface area contributed by atoms with Gasteiger partial charge in [0.15, 0.2) is 0 Å². The number of hydrogen-bond donors (Lipinski definition) is 1. The van der Waals surface area contributed by atoms with Crippen molar-refractivity contribution in [1.82, 2.24) is 4.57 Å². The highest BCUT2D eigenvalue weighted by atomic mass is 16.4. The van der Waals surface area contributed by atoms with Crippen LogP contribution >= 0.6 is 0 Å². The van der Waals surface area contributed by atoms with E-state index in [0.29, 0.717) is 16.9 Å². The number of anilines is 2. The lowest BCUT2D eigenvalue weighted by Crippen LogP contribution is -2.28. The second-order valence-electron chi connectivity index (χ2n) is 7.88. The van der Waals surface area contributed by atoms with Crippen LogP contribution in [0.25, 0.3) is 29.1 Å². The summed E-state index contributed by atoms with van der Waals surface area (Å²) in [7, 11) is 0. The first kappa shape index (κ1) is 21.0. The SMILES string of the molecule is N#CC(=Cc1cn(CC(=O)O)c2ccccc12)C(=O)N1c2ccccc2C=Cc2ccccc21. The number of carboxylic acid groups (broad SMARTS) is 1. The molecule has 1 N–H and O–H groups in total. The van der Waals surface area contributed by atoms with E-state index in [-0.39, 0.29) is 12.1 Å². The Bertz CT molecular complexity index is 1500. The number of carbonyl (C=O) groups is 2. The molecule has 1 aliphatic rings. The number of nitrogens with zero attached hydrogens (tertiary/aromatic N) is 3. The van der Waals surface area contributed by atoms with Crippen molar-refractivity contribution in [2.24, 2.45) is 0 Å². The van der Waals surface area contributed by atoms with E-state index >= 15 is 0 Å². The molecule has 1 aromatic heterocycles. The molecule has 0 spiro atoms. The maximum absolute atomic E-state index is 13.8. The van der Waals surface area contributed by atoms with E-state index in [2.05, 4.69) is 6.07 Å². The third kappa shape index (κ3) is 3.65. The van der Waals surface area contributed by atoms with Crippen LogP contribution in [-0.4, -0.2) is 21.6 Å². The molecule has 4 aromatic rings. The Morgan fingerprint density at radius 1 is 0.882 bits per heavy atom. The first-order valence-corrected chi connectivity index (χ1v) is 10.7. The van der Waals surface area contributed by atoms with Crippen molar-refractivity contribution in [3.05, 3.63) is 101 Å². The molecule has 6 nitrogen and oxygen atoms in total. The Balaban J connectivity index is 1.65. The minimum Gasteiger partial charge on any atom is -0.480 e. The highest BCUT2D eigenvalue weighted by molar-refractivity contribution is 6.18. The average Bonchev–Trinajstić information content (AvgIpc) is 3.09. The van der Waals surface area contributed by atoms with Crippen molar-refractivity contribution in [2.45, 2.75) is 6.54 Å². The van der Waals surface area contributed by atoms with Gasteiger partial charge in [-0.2, -0.15) is 5.26 Å². The predicted octanol–water partition coefficient (Wildman–Crippen LogP) is 5.48. The van der Waals surface area contributed by atoms with Crippen LogP contribution in [0.5, 0.6) is 0 Å². The summed E-state index contributed by atoms with van der Waals surface area (Å²) in [5.74, 6) is -1.43. The largest absolute Gasteiger partial charge is 0.480 e. The van der Waals surface area contributed by atoms with E-state index in [1.165, 1.54) is 6.08 Å². The maximum Gasteiger partial charge on any atom is 0.323 e. The quantitative estimate of drug-likeness (QED) is 0.333.